The first-order valence-electron chi connectivity index (χ1n) is 10.4. The number of carbonyl (C=O) groups excluding carboxylic acids is 1. The van der Waals surface area contributed by atoms with Crippen molar-refractivity contribution in [2.24, 2.45) is 0 Å². The zero-order chi connectivity index (χ0) is 22.9. The van der Waals surface area contributed by atoms with Crippen molar-refractivity contribution in [3.63, 3.8) is 0 Å². The van der Waals surface area contributed by atoms with Gasteiger partial charge in [-0.05, 0) is 23.4 Å². The van der Waals surface area contributed by atoms with Gasteiger partial charge in [-0.1, -0.05) is 48.0 Å². The molecule has 1 amide bonds. The number of hydrogen-bond acceptors (Lipinski definition) is 4. The van der Waals surface area contributed by atoms with Gasteiger partial charge in [0, 0.05) is 23.6 Å². The molecule has 0 bridgehead atoms. The molecule has 1 N–H and O–H groups in total. The van der Waals surface area contributed by atoms with Crippen molar-refractivity contribution in [1.82, 2.24) is 14.9 Å². The zero-order valence-corrected chi connectivity index (χ0v) is 19.0. The highest BCUT2D eigenvalue weighted by Gasteiger charge is 2.20. The number of thiazole rings is 1. The number of fused-ring (bicyclic) bond motifs is 1. The standard InChI is InChI=1S/C26H21N4O2S/c1-29(2)26(32)30-15-21(20-11-10-18(13-23(20)30)17-7-4-3-5-8-17)24(31)22-16-33-25(28-22)19-9-6-12-27-14-19/h3-16,31H,1-2H3/q-1. The van der Waals surface area contributed by atoms with E-state index >= 15 is 0 Å². The Hall–Kier alpha value is -3.94. The van der Waals surface area contributed by atoms with Crippen molar-refractivity contribution in [2.75, 3.05) is 14.1 Å². The molecule has 0 aliphatic rings. The first-order chi connectivity index (χ1) is 16.0. The molecule has 0 aliphatic carbocycles. The van der Waals surface area contributed by atoms with Crippen LogP contribution >= 0.6 is 11.3 Å². The smallest absolute Gasteiger partial charge is 0.419 e. The average molecular weight is 454 g/mol. The van der Waals surface area contributed by atoms with Gasteiger partial charge in [0.25, 0.3) is 0 Å². The lowest BCUT2D eigenvalue weighted by molar-refractivity contribution is -0.547. The van der Waals surface area contributed by atoms with Gasteiger partial charge < -0.3 is 10.1 Å². The minimum absolute atomic E-state index is 0.0316. The van der Waals surface area contributed by atoms with E-state index in [4.69, 9.17) is 0 Å². The third-order valence-electron chi connectivity index (χ3n) is 5.41. The van der Waals surface area contributed by atoms with Crippen LogP contribution in [0.2, 0.25) is 0 Å². The molecule has 33 heavy (non-hydrogen) atoms. The minimum Gasteiger partial charge on any atom is -0.419 e. The van der Waals surface area contributed by atoms with Gasteiger partial charge in [0.2, 0.25) is 5.01 Å². The summed E-state index contributed by atoms with van der Waals surface area (Å²) in [6, 6.07) is 19.5. The number of pyridine rings is 1. The molecule has 7 heteroatoms. The summed E-state index contributed by atoms with van der Waals surface area (Å²) in [4.78, 5) is 23.2. The predicted octanol–water partition coefficient (Wildman–Crippen LogP) is 4.86. The van der Waals surface area contributed by atoms with Crippen LogP contribution in [0.4, 0.5) is 4.79 Å². The summed E-state index contributed by atoms with van der Waals surface area (Å²) >= 11 is 1.43. The largest absolute Gasteiger partial charge is 0.441 e. The van der Waals surface area contributed by atoms with E-state index in [2.05, 4.69) is 9.97 Å². The van der Waals surface area contributed by atoms with Crippen LogP contribution in [0.1, 0.15) is 11.3 Å². The Labute approximate surface area is 195 Å². The fourth-order valence-corrected chi connectivity index (χ4v) is 4.54. The molecule has 2 aromatic carbocycles. The molecule has 0 atom stereocenters. The molecule has 6 nitrogen and oxygen atoms in total. The highest BCUT2D eigenvalue weighted by atomic mass is 32.1. The Morgan fingerprint density at radius 3 is 2.64 bits per heavy atom. The molecule has 0 saturated heterocycles. The third-order valence-corrected chi connectivity index (χ3v) is 6.30. The fraction of sp³-hybridized carbons (Fsp3) is 0.0769. The first-order valence-corrected chi connectivity index (χ1v) is 11.3. The van der Waals surface area contributed by atoms with Gasteiger partial charge >= 0.3 is 6.03 Å². The molecule has 5 rings (SSSR count). The summed E-state index contributed by atoms with van der Waals surface area (Å²) in [5, 5.41) is 14.5. The minimum atomic E-state index is -0.196. The van der Waals surface area contributed by atoms with Crippen LogP contribution in [-0.4, -0.2) is 40.1 Å². The first kappa shape index (κ1) is 20.9. The van der Waals surface area contributed by atoms with Crippen molar-refractivity contribution in [3.8, 4) is 21.7 Å². The topological polar surface area (TPSA) is 70.2 Å². The van der Waals surface area contributed by atoms with E-state index in [1.165, 1.54) is 16.2 Å². The molecule has 3 heterocycles. The van der Waals surface area contributed by atoms with Crippen LogP contribution in [0.5, 0.6) is 0 Å². The van der Waals surface area contributed by atoms with Crippen LogP contribution in [0.15, 0.2) is 84.6 Å². The van der Waals surface area contributed by atoms with Gasteiger partial charge in [0.1, 0.15) is 5.38 Å². The van der Waals surface area contributed by atoms with E-state index in [-0.39, 0.29) is 12.1 Å². The summed E-state index contributed by atoms with van der Waals surface area (Å²) in [7, 11) is 3.41. The highest BCUT2D eigenvalue weighted by Crippen LogP contribution is 2.33. The number of aliphatic hydroxyl groups is 1. The van der Waals surface area contributed by atoms with Crippen molar-refractivity contribution in [1.29, 1.82) is 0 Å². The number of rotatable bonds is 4. The zero-order valence-electron chi connectivity index (χ0n) is 18.1. The van der Waals surface area contributed by atoms with Gasteiger partial charge in [0.05, 0.1) is 14.1 Å². The number of hydrogen-bond donors (Lipinski definition) is 1. The lowest BCUT2D eigenvalue weighted by Crippen LogP contribution is -2.48. The van der Waals surface area contributed by atoms with E-state index in [0.717, 1.165) is 32.6 Å². The van der Waals surface area contributed by atoms with Gasteiger partial charge in [-0.2, -0.15) is 6.07 Å². The third kappa shape index (κ3) is 3.88. The fourth-order valence-electron chi connectivity index (χ4n) is 3.74. The van der Waals surface area contributed by atoms with E-state index < -0.39 is 0 Å². The molecule has 0 unspecified atom stereocenters. The number of carbonyl (C=O) groups is 1. The van der Waals surface area contributed by atoms with Crippen LogP contribution in [-0.2, 0) is 0 Å². The Kier molecular flexibility index (Phi) is 5.42. The molecule has 5 aromatic rings. The second-order valence-corrected chi connectivity index (χ2v) is 8.67. The van der Waals surface area contributed by atoms with Gasteiger partial charge in [-0.25, -0.2) is 4.79 Å². The second kappa shape index (κ2) is 8.54. The van der Waals surface area contributed by atoms with Crippen molar-refractivity contribution < 1.29 is 14.5 Å². The molecule has 0 saturated carbocycles. The molecule has 164 valence electrons. The summed E-state index contributed by atoms with van der Waals surface area (Å²) in [5.74, 6) is 0. The van der Waals surface area contributed by atoms with E-state index in [9.17, 15) is 9.90 Å². The van der Waals surface area contributed by atoms with Crippen LogP contribution < -0.4 is 4.57 Å². The molecular weight excluding hydrogens is 432 g/mol. The number of benzene rings is 2. The Bertz CT molecular complexity index is 1430. The van der Waals surface area contributed by atoms with Crippen LogP contribution in [0, 0.1) is 6.10 Å². The highest BCUT2D eigenvalue weighted by molar-refractivity contribution is 7.13. The lowest BCUT2D eigenvalue weighted by atomic mass is 10.0. The maximum absolute atomic E-state index is 12.9. The number of nitrogens with zero attached hydrogens (tertiary/aromatic N) is 4. The Balaban J connectivity index is 1.61. The lowest BCUT2D eigenvalue weighted by Gasteiger charge is -2.17. The van der Waals surface area contributed by atoms with Gasteiger partial charge in [-0.15, -0.1) is 23.1 Å². The molecule has 0 radical (unpaired) electrons. The summed E-state index contributed by atoms with van der Waals surface area (Å²) < 4.78 is 1.57. The normalized spacial score (nSPS) is 11.0. The number of aromatic nitrogens is 3. The maximum Gasteiger partial charge on any atom is 0.441 e. The quantitative estimate of drug-likeness (QED) is 0.240. The summed E-state index contributed by atoms with van der Waals surface area (Å²) in [5.41, 5.74) is 4.68. The number of aliphatic hydroxyl groups excluding tert-OH is 1. The van der Waals surface area contributed by atoms with E-state index in [0.29, 0.717) is 11.3 Å². The van der Waals surface area contributed by atoms with Crippen molar-refractivity contribution in [2.45, 2.75) is 0 Å². The molecule has 0 aliphatic heterocycles. The second-order valence-electron chi connectivity index (χ2n) is 7.82. The Morgan fingerprint density at radius 2 is 1.91 bits per heavy atom. The van der Waals surface area contributed by atoms with Crippen molar-refractivity contribution >= 4 is 28.3 Å². The van der Waals surface area contributed by atoms with Crippen molar-refractivity contribution in [3.05, 3.63) is 102 Å². The molecule has 0 spiro atoms. The molecular formula is C26H21N4O2S-. The SMILES string of the molecule is CN(C)C(=O)[n+]1cc([C-](O)c2c[s+][c-](-c3cccnc3)n2)c2ccc(-c3ccccc3)c[c-]21. The van der Waals surface area contributed by atoms with Crippen LogP contribution in [0.25, 0.3) is 32.6 Å². The summed E-state index contributed by atoms with van der Waals surface area (Å²) in [6.07, 6.45) is 5.17. The number of amides is 1. The molecule has 3 aromatic heterocycles. The average Bonchev–Trinajstić information content (AvgIpc) is 3.49. The summed E-state index contributed by atoms with van der Waals surface area (Å²) in [6.45, 7) is 0. The predicted molar refractivity (Wildman–Crippen MR) is 128 cm³/mol. The maximum atomic E-state index is 12.9. The molecule has 0 fully saturated rings. The van der Waals surface area contributed by atoms with E-state index in [1.54, 1.807) is 37.3 Å². The van der Waals surface area contributed by atoms with Gasteiger partial charge in [0.15, 0.2) is 11.3 Å². The van der Waals surface area contributed by atoms with E-state index in [1.807, 2.05) is 66.0 Å². The Morgan fingerprint density at radius 1 is 1.09 bits per heavy atom. The van der Waals surface area contributed by atoms with Crippen LogP contribution in [0.3, 0.4) is 0 Å². The van der Waals surface area contributed by atoms with Gasteiger partial charge in [-0.3, -0.25) is 14.5 Å². The monoisotopic (exact) mass is 453 g/mol.